The molecule has 2 aliphatic heterocycles. The first-order valence-electron chi connectivity index (χ1n) is 8.42. The van der Waals surface area contributed by atoms with Crippen LogP contribution in [-0.2, 0) is 14.4 Å². The van der Waals surface area contributed by atoms with Gasteiger partial charge in [-0.2, -0.15) is 0 Å². The molecule has 4 unspecified atom stereocenters. The maximum absolute atomic E-state index is 12.5. The maximum Gasteiger partial charge on any atom is 0.238 e. The van der Waals surface area contributed by atoms with Gasteiger partial charge in [-0.3, -0.25) is 30.4 Å². The van der Waals surface area contributed by atoms with Crippen molar-refractivity contribution in [2.75, 3.05) is 6.54 Å². The number of guanidine groups is 1. The van der Waals surface area contributed by atoms with Gasteiger partial charge in [0.05, 0.1) is 11.8 Å². The summed E-state index contributed by atoms with van der Waals surface area (Å²) in [6, 6.07) is 8.73. The van der Waals surface area contributed by atoms with Gasteiger partial charge in [0.2, 0.25) is 17.7 Å². The SMILES string of the molecule is N=C(N)NCCCC1(C(N)=O)NC(c2ccccc2)C2C(=O)NC(=O)C21. The Bertz CT molecular complexity index is 752. The normalized spacial score (nSPS) is 29.9. The second-order valence-electron chi connectivity index (χ2n) is 6.67. The number of fused-ring (bicyclic) bond motifs is 1. The molecule has 0 aromatic heterocycles. The van der Waals surface area contributed by atoms with Crippen molar-refractivity contribution < 1.29 is 14.4 Å². The van der Waals surface area contributed by atoms with E-state index < -0.39 is 41.1 Å². The lowest BCUT2D eigenvalue weighted by Gasteiger charge is -2.31. The van der Waals surface area contributed by atoms with Crippen LogP contribution in [0, 0.1) is 17.2 Å². The van der Waals surface area contributed by atoms with Gasteiger partial charge in [-0.1, -0.05) is 30.3 Å². The monoisotopic (exact) mass is 358 g/mol. The fraction of sp³-hybridized carbons (Fsp3) is 0.412. The number of rotatable bonds is 6. The molecule has 0 radical (unpaired) electrons. The van der Waals surface area contributed by atoms with Crippen molar-refractivity contribution in [3.8, 4) is 0 Å². The molecule has 0 bridgehead atoms. The van der Waals surface area contributed by atoms with Gasteiger partial charge in [0, 0.05) is 12.6 Å². The van der Waals surface area contributed by atoms with Crippen molar-refractivity contribution in [3.05, 3.63) is 35.9 Å². The topological polar surface area (TPSA) is 163 Å². The quantitative estimate of drug-likeness (QED) is 0.160. The van der Waals surface area contributed by atoms with Gasteiger partial charge < -0.3 is 16.8 Å². The highest BCUT2D eigenvalue weighted by Crippen LogP contribution is 2.47. The lowest BCUT2D eigenvalue weighted by Crippen LogP contribution is -2.58. The second-order valence-corrected chi connectivity index (χ2v) is 6.67. The third kappa shape index (κ3) is 2.90. The van der Waals surface area contributed by atoms with E-state index in [9.17, 15) is 14.4 Å². The predicted molar refractivity (Wildman–Crippen MR) is 93.5 cm³/mol. The Morgan fingerprint density at radius 2 is 1.88 bits per heavy atom. The summed E-state index contributed by atoms with van der Waals surface area (Å²) in [5.41, 5.74) is 10.4. The van der Waals surface area contributed by atoms with Crippen LogP contribution >= 0.6 is 0 Å². The highest BCUT2D eigenvalue weighted by molar-refractivity contribution is 6.10. The minimum absolute atomic E-state index is 0.175. The van der Waals surface area contributed by atoms with Gasteiger partial charge in [0.15, 0.2) is 5.96 Å². The Hall–Kier alpha value is -2.94. The predicted octanol–water partition coefficient (Wildman–Crippen LogP) is -1.29. The summed E-state index contributed by atoms with van der Waals surface area (Å²) < 4.78 is 0. The maximum atomic E-state index is 12.5. The highest BCUT2D eigenvalue weighted by atomic mass is 16.2. The Kier molecular flexibility index (Phi) is 4.64. The van der Waals surface area contributed by atoms with Crippen LogP contribution in [-0.4, -0.2) is 35.8 Å². The molecule has 0 aliphatic carbocycles. The van der Waals surface area contributed by atoms with E-state index in [-0.39, 0.29) is 12.4 Å². The van der Waals surface area contributed by atoms with E-state index in [0.29, 0.717) is 13.0 Å². The van der Waals surface area contributed by atoms with Gasteiger partial charge in [0.25, 0.3) is 0 Å². The van der Waals surface area contributed by atoms with Crippen molar-refractivity contribution in [2.45, 2.75) is 24.4 Å². The first-order valence-corrected chi connectivity index (χ1v) is 8.42. The molecule has 2 aliphatic rings. The lowest BCUT2D eigenvalue weighted by molar-refractivity contribution is -0.133. The third-order valence-electron chi connectivity index (χ3n) is 5.16. The van der Waals surface area contributed by atoms with Crippen LogP contribution in [0.3, 0.4) is 0 Å². The van der Waals surface area contributed by atoms with Crippen LogP contribution in [0.15, 0.2) is 30.3 Å². The van der Waals surface area contributed by atoms with E-state index in [0.717, 1.165) is 5.56 Å². The van der Waals surface area contributed by atoms with Crippen LogP contribution in [0.4, 0.5) is 0 Å². The molecule has 9 nitrogen and oxygen atoms in total. The molecular formula is C17H22N6O3. The number of nitrogens with two attached hydrogens (primary N) is 2. The molecule has 2 fully saturated rings. The summed E-state index contributed by atoms with van der Waals surface area (Å²) in [6.07, 6.45) is 0.690. The molecule has 26 heavy (non-hydrogen) atoms. The first-order chi connectivity index (χ1) is 12.4. The molecule has 138 valence electrons. The number of nitrogens with one attached hydrogen (secondary N) is 4. The first kappa shape index (κ1) is 17.9. The molecule has 3 amide bonds. The molecule has 8 N–H and O–H groups in total. The minimum Gasteiger partial charge on any atom is -0.370 e. The number of benzene rings is 1. The summed E-state index contributed by atoms with van der Waals surface area (Å²) in [5.74, 6) is -3.28. The average Bonchev–Trinajstić information content (AvgIpc) is 3.10. The van der Waals surface area contributed by atoms with Gasteiger partial charge in [-0.05, 0) is 18.4 Å². The van der Waals surface area contributed by atoms with Gasteiger partial charge in [-0.15, -0.1) is 0 Å². The smallest absolute Gasteiger partial charge is 0.238 e. The Morgan fingerprint density at radius 3 is 2.50 bits per heavy atom. The van der Waals surface area contributed by atoms with Gasteiger partial charge in [0.1, 0.15) is 5.54 Å². The Morgan fingerprint density at radius 1 is 1.19 bits per heavy atom. The third-order valence-corrected chi connectivity index (χ3v) is 5.16. The molecule has 9 heteroatoms. The number of hydrogen-bond acceptors (Lipinski definition) is 5. The number of carbonyl (C=O) groups excluding carboxylic acids is 3. The van der Waals surface area contributed by atoms with Crippen LogP contribution in [0.25, 0.3) is 0 Å². The van der Waals surface area contributed by atoms with Crippen molar-refractivity contribution in [1.82, 2.24) is 16.0 Å². The number of amides is 3. The van der Waals surface area contributed by atoms with Crippen LogP contribution in [0.1, 0.15) is 24.4 Å². The van der Waals surface area contributed by atoms with Crippen molar-refractivity contribution in [2.24, 2.45) is 23.3 Å². The number of hydrogen-bond donors (Lipinski definition) is 6. The standard InChI is InChI=1S/C17H22N6O3/c18-15(26)17(7-4-8-21-16(19)20)11-10(13(24)22-14(11)25)12(23-17)9-5-2-1-3-6-9/h1-3,5-6,10-12,23H,4,7-8H2,(H2,18,26)(H4,19,20,21)(H,22,24,25). The molecule has 4 atom stereocenters. The minimum atomic E-state index is -1.33. The Labute approximate surface area is 150 Å². The van der Waals surface area contributed by atoms with Gasteiger partial charge >= 0.3 is 0 Å². The van der Waals surface area contributed by atoms with Crippen molar-refractivity contribution >= 4 is 23.7 Å². The molecule has 0 saturated carbocycles. The summed E-state index contributed by atoms with van der Waals surface area (Å²) in [7, 11) is 0. The van der Waals surface area contributed by atoms with Gasteiger partial charge in [-0.25, -0.2) is 0 Å². The summed E-state index contributed by atoms with van der Waals surface area (Å²) >= 11 is 0. The number of imide groups is 1. The molecule has 1 aromatic rings. The van der Waals surface area contributed by atoms with E-state index in [1.165, 1.54) is 0 Å². The Balaban J connectivity index is 1.93. The molecule has 0 spiro atoms. The van der Waals surface area contributed by atoms with E-state index in [1.54, 1.807) is 0 Å². The van der Waals surface area contributed by atoms with Crippen molar-refractivity contribution in [3.63, 3.8) is 0 Å². The number of primary amides is 1. The van der Waals surface area contributed by atoms with Crippen LogP contribution < -0.4 is 27.4 Å². The summed E-state index contributed by atoms with van der Waals surface area (Å²) in [4.78, 5) is 37.3. The largest absolute Gasteiger partial charge is 0.370 e. The van der Waals surface area contributed by atoms with E-state index in [4.69, 9.17) is 16.9 Å². The zero-order valence-corrected chi connectivity index (χ0v) is 14.1. The second kappa shape index (κ2) is 6.75. The van der Waals surface area contributed by atoms with Crippen LogP contribution in [0.5, 0.6) is 0 Å². The fourth-order valence-corrected chi connectivity index (χ4v) is 4.04. The van der Waals surface area contributed by atoms with E-state index in [2.05, 4.69) is 16.0 Å². The molecular weight excluding hydrogens is 336 g/mol. The zero-order valence-electron chi connectivity index (χ0n) is 14.1. The van der Waals surface area contributed by atoms with Crippen LogP contribution in [0.2, 0.25) is 0 Å². The van der Waals surface area contributed by atoms with E-state index in [1.807, 2.05) is 30.3 Å². The highest BCUT2D eigenvalue weighted by Gasteiger charge is 2.65. The summed E-state index contributed by atoms with van der Waals surface area (Å²) in [5, 5.41) is 15.4. The zero-order chi connectivity index (χ0) is 18.9. The molecule has 3 rings (SSSR count). The molecule has 2 heterocycles. The average molecular weight is 358 g/mol. The van der Waals surface area contributed by atoms with Crippen molar-refractivity contribution in [1.29, 1.82) is 5.41 Å². The summed E-state index contributed by atoms with van der Waals surface area (Å²) in [6.45, 7) is 0.356. The number of carbonyl (C=O) groups is 3. The van der Waals surface area contributed by atoms with E-state index >= 15 is 0 Å². The fourth-order valence-electron chi connectivity index (χ4n) is 4.04. The molecule has 1 aromatic carbocycles. The molecule has 2 saturated heterocycles. The lowest BCUT2D eigenvalue weighted by atomic mass is 9.76.